The van der Waals surface area contributed by atoms with Crippen LogP contribution in [0.3, 0.4) is 0 Å². The number of hydrogen-bond acceptors (Lipinski definition) is 7. The molecule has 0 aliphatic carbocycles. The van der Waals surface area contributed by atoms with Crippen LogP contribution in [-0.4, -0.2) is 30.3 Å². The molecule has 1 aromatic heterocycles. The van der Waals surface area contributed by atoms with E-state index in [-0.39, 0.29) is 11.4 Å². The molecular weight excluding hydrogens is 372 g/mol. The third kappa shape index (κ3) is 3.97. The van der Waals surface area contributed by atoms with Crippen LogP contribution in [0.15, 0.2) is 58.4 Å². The predicted molar refractivity (Wildman–Crippen MR) is 112 cm³/mol. The second kappa shape index (κ2) is 8.15. The number of fused-ring (bicyclic) bond motifs is 1. The number of H-pyrrole nitrogens is 1. The van der Waals surface area contributed by atoms with E-state index in [1.54, 1.807) is 13.4 Å². The zero-order valence-electron chi connectivity index (χ0n) is 15.8. The van der Waals surface area contributed by atoms with Crippen molar-refractivity contribution in [3.05, 3.63) is 74.8 Å². The summed E-state index contributed by atoms with van der Waals surface area (Å²) in [7, 11) is 1.62. The number of nitrogens with zero attached hydrogens (tertiary/aromatic N) is 1. The number of anilines is 3. The largest absolute Gasteiger partial charge is 0.491 e. The van der Waals surface area contributed by atoms with Crippen molar-refractivity contribution in [2.45, 2.75) is 6.54 Å². The molecule has 4 rings (SSSR count). The lowest BCUT2D eigenvalue weighted by molar-refractivity contribution is 0.146. The molecule has 0 bridgehead atoms. The standard InChI is InChI=1S/C21H20N4O4/c1-28-7-8-29-15-4-2-3-13(9-15)11-22-18-19(21(27)20(18)26)25-14-5-6-16-17(10-14)24-12-23-16/h2-6,9-10,12,22,25H,7-8,11H2,1H3,(H,23,24). The van der Waals surface area contributed by atoms with Gasteiger partial charge < -0.3 is 25.1 Å². The van der Waals surface area contributed by atoms with E-state index in [1.807, 2.05) is 42.5 Å². The molecule has 8 nitrogen and oxygen atoms in total. The Morgan fingerprint density at radius 2 is 1.90 bits per heavy atom. The maximum atomic E-state index is 12.0. The summed E-state index contributed by atoms with van der Waals surface area (Å²) in [6.45, 7) is 1.35. The Bertz CT molecular complexity index is 1210. The van der Waals surface area contributed by atoms with E-state index in [4.69, 9.17) is 9.47 Å². The fraction of sp³-hybridized carbons (Fsp3) is 0.190. The fourth-order valence-electron chi connectivity index (χ4n) is 3.01. The molecule has 0 atom stereocenters. The van der Waals surface area contributed by atoms with Crippen LogP contribution in [0.4, 0.5) is 17.1 Å². The van der Waals surface area contributed by atoms with Crippen molar-refractivity contribution in [2.24, 2.45) is 0 Å². The Kier molecular flexibility index (Phi) is 5.26. The Morgan fingerprint density at radius 1 is 1.03 bits per heavy atom. The summed E-state index contributed by atoms with van der Waals surface area (Å²) in [5.74, 6) is 0.719. The van der Waals surface area contributed by atoms with Crippen molar-refractivity contribution in [3.63, 3.8) is 0 Å². The van der Waals surface area contributed by atoms with E-state index in [2.05, 4.69) is 20.6 Å². The molecule has 0 spiro atoms. The Balaban J connectivity index is 1.45. The quantitative estimate of drug-likeness (QED) is 0.297. The monoisotopic (exact) mass is 392 g/mol. The van der Waals surface area contributed by atoms with Gasteiger partial charge in [-0.05, 0) is 35.9 Å². The van der Waals surface area contributed by atoms with Gasteiger partial charge in [0, 0.05) is 19.3 Å². The lowest BCUT2D eigenvalue weighted by Crippen LogP contribution is -2.36. The van der Waals surface area contributed by atoms with E-state index >= 15 is 0 Å². The van der Waals surface area contributed by atoms with Gasteiger partial charge in [0.2, 0.25) is 0 Å². The third-order valence-corrected chi connectivity index (χ3v) is 4.53. The average Bonchev–Trinajstić information content (AvgIpc) is 3.21. The summed E-state index contributed by atoms with van der Waals surface area (Å²) in [4.78, 5) is 31.3. The minimum atomic E-state index is -0.536. The van der Waals surface area contributed by atoms with Gasteiger partial charge in [0.15, 0.2) is 0 Å². The summed E-state index contributed by atoms with van der Waals surface area (Å²) in [6, 6.07) is 13.0. The van der Waals surface area contributed by atoms with Crippen molar-refractivity contribution in [2.75, 3.05) is 31.0 Å². The smallest absolute Gasteiger partial charge is 0.253 e. The molecule has 0 amide bonds. The van der Waals surface area contributed by atoms with Crippen molar-refractivity contribution in [3.8, 4) is 5.75 Å². The molecule has 0 aliphatic rings. The van der Waals surface area contributed by atoms with E-state index in [1.165, 1.54) is 0 Å². The molecule has 0 radical (unpaired) electrons. The first-order valence-electron chi connectivity index (χ1n) is 9.13. The highest BCUT2D eigenvalue weighted by molar-refractivity contribution is 5.84. The lowest BCUT2D eigenvalue weighted by atomic mass is 10.1. The van der Waals surface area contributed by atoms with Gasteiger partial charge in [0.05, 0.1) is 24.0 Å². The number of aromatic amines is 1. The number of methoxy groups -OCH3 is 1. The highest BCUT2D eigenvalue weighted by Gasteiger charge is 2.21. The molecule has 3 N–H and O–H groups in total. The van der Waals surface area contributed by atoms with Gasteiger partial charge in [-0.2, -0.15) is 0 Å². The van der Waals surface area contributed by atoms with Gasteiger partial charge in [-0.3, -0.25) is 9.59 Å². The highest BCUT2D eigenvalue weighted by Crippen LogP contribution is 2.24. The maximum absolute atomic E-state index is 12.0. The minimum absolute atomic E-state index is 0.261. The molecule has 0 fully saturated rings. The van der Waals surface area contributed by atoms with E-state index < -0.39 is 10.9 Å². The molecule has 0 aliphatic heterocycles. The van der Waals surface area contributed by atoms with Gasteiger partial charge in [-0.25, -0.2) is 4.98 Å². The summed E-state index contributed by atoms with van der Waals surface area (Å²) >= 11 is 0. The Morgan fingerprint density at radius 3 is 2.76 bits per heavy atom. The molecule has 29 heavy (non-hydrogen) atoms. The zero-order chi connectivity index (χ0) is 20.2. The SMILES string of the molecule is COCCOc1cccc(CNc2c(Nc3ccc4[nH]cnc4c3)c(=O)c2=O)c1. The second-order valence-electron chi connectivity index (χ2n) is 6.51. The number of imidazole rings is 1. The van der Waals surface area contributed by atoms with Gasteiger partial charge in [0.25, 0.3) is 10.9 Å². The van der Waals surface area contributed by atoms with Crippen LogP contribution in [0.2, 0.25) is 0 Å². The van der Waals surface area contributed by atoms with E-state index in [0.717, 1.165) is 22.3 Å². The van der Waals surface area contributed by atoms with Crippen LogP contribution in [-0.2, 0) is 11.3 Å². The first kappa shape index (κ1) is 18.7. The van der Waals surface area contributed by atoms with E-state index in [9.17, 15) is 9.59 Å². The lowest BCUT2D eigenvalue weighted by Gasteiger charge is -2.15. The molecule has 3 aromatic carbocycles. The maximum Gasteiger partial charge on any atom is 0.253 e. The van der Waals surface area contributed by atoms with Gasteiger partial charge in [-0.1, -0.05) is 12.1 Å². The van der Waals surface area contributed by atoms with Crippen LogP contribution >= 0.6 is 0 Å². The van der Waals surface area contributed by atoms with Gasteiger partial charge >= 0.3 is 0 Å². The molecule has 8 heteroatoms. The van der Waals surface area contributed by atoms with Crippen molar-refractivity contribution >= 4 is 28.1 Å². The molecule has 0 unspecified atom stereocenters. The van der Waals surface area contributed by atoms with Crippen molar-refractivity contribution < 1.29 is 9.47 Å². The van der Waals surface area contributed by atoms with E-state index in [0.29, 0.717) is 25.4 Å². The Labute approximate surface area is 166 Å². The summed E-state index contributed by atoms with van der Waals surface area (Å²) in [5.41, 5.74) is 2.76. The average molecular weight is 392 g/mol. The molecule has 0 saturated heterocycles. The number of nitrogens with one attached hydrogen (secondary N) is 3. The third-order valence-electron chi connectivity index (χ3n) is 4.53. The fourth-order valence-corrected chi connectivity index (χ4v) is 3.01. The van der Waals surface area contributed by atoms with Crippen molar-refractivity contribution in [1.29, 1.82) is 0 Å². The van der Waals surface area contributed by atoms with Gasteiger partial charge in [-0.15, -0.1) is 0 Å². The van der Waals surface area contributed by atoms with Crippen molar-refractivity contribution in [1.82, 2.24) is 9.97 Å². The Hall–Kier alpha value is -3.65. The normalized spacial score (nSPS) is 11.1. The number of benzene rings is 2. The first-order valence-corrected chi connectivity index (χ1v) is 9.13. The molecule has 4 aromatic rings. The van der Waals surface area contributed by atoms with Gasteiger partial charge in [0.1, 0.15) is 23.7 Å². The van der Waals surface area contributed by atoms with Crippen LogP contribution in [0.5, 0.6) is 5.75 Å². The summed E-state index contributed by atoms with van der Waals surface area (Å²) in [5, 5.41) is 6.08. The summed E-state index contributed by atoms with van der Waals surface area (Å²) < 4.78 is 10.6. The molecule has 0 saturated carbocycles. The minimum Gasteiger partial charge on any atom is -0.491 e. The second-order valence-corrected chi connectivity index (χ2v) is 6.51. The van der Waals surface area contributed by atoms with Crippen LogP contribution in [0.25, 0.3) is 11.0 Å². The number of aromatic nitrogens is 2. The molecule has 1 heterocycles. The summed E-state index contributed by atoms with van der Waals surface area (Å²) in [6.07, 6.45) is 1.60. The predicted octanol–water partition coefficient (Wildman–Crippen LogP) is 2.54. The molecular formula is C21H20N4O4. The topological polar surface area (TPSA) is 105 Å². The first-order chi connectivity index (χ1) is 14.2. The zero-order valence-corrected chi connectivity index (χ0v) is 15.8. The highest BCUT2D eigenvalue weighted by atomic mass is 16.5. The van der Waals surface area contributed by atoms with Crippen LogP contribution < -0.4 is 26.2 Å². The van der Waals surface area contributed by atoms with Crippen LogP contribution in [0.1, 0.15) is 5.56 Å². The van der Waals surface area contributed by atoms with Crippen LogP contribution in [0, 0.1) is 0 Å². The number of ether oxygens (including phenoxy) is 2. The molecule has 148 valence electrons. The number of hydrogen-bond donors (Lipinski definition) is 3. The number of rotatable bonds is 9.